The quantitative estimate of drug-likeness (QED) is 0.177. The molecule has 0 fully saturated rings. The van der Waals surface area contributed by atoms with E-state index in [2.05, 4.69) is 179 Å². The molecule has 0 saturated carbocycles. The summed E-state index contributed by atoms with van der Waals surface area (Å²) in [6.45, 7) is 0. The summed E-state index contributed by atoms with van der Waals surface area (Å²) in [6, 6.07) is 61.5. The Bertz CT molecular complexity index is 3180. The van der Waals surface area contributed by atoms with Crippen LogP contribution in [0.3, 0.4) is 0 Å². The highest BCUT2D eigenvalue weighted by atomic mass is 16.5. The van der Waals surface area contributed by atoms with Gasteiger partial charge in [-0.25, -0.2) is 4.98 Å². The second-order valence-electron chi connectivity index (χ2n) is 14.8. The Kier molecular flexibility index (Phi) is 6.95. The summed E-state index contributed by atoms with van der Waals surface area (Å²) in [4.78, 5) is 15.5. The van der Waals surface area contributed by atoms with Crippen molar-refractivity contribution in [3.05, 3.63) is 199 Å². The van der Waals surface area contributed by atoms with Crippen LogP contribution in [0.2, 0.25) is 0 Å². The third-order valence-electron chi connectivity index (χ3n) is 11.6. The predicted octanol–water partition coefficient (Wildman–Crippen LogP) is 12.2. The van der Waals surface area contributed by atoms with Crippen molar-refractivity contribution in [2.45, 2.75) is 12.0 Å². The van der Waals surface area contributed by atoms with Gasteiger partial charge in [0, 0.05) is 50.0 Å². The van der Waals surface area contributed by atoms with Crippen LogP contribution in [-0.4, -0.2) is 24.1 Å². The molecule has 0 bridgehead atoms. The molecular formula is C51H33N5O. The Labute approximate surface area is 328 Å². The topological polar surface area (TPSA) is 57.8 Å². The van der Waals surface area contributed by atoms with Crippen molar-refractivity contribution in [1.82, 2.24) is 24.1 Å². The minimum atomic E-state index is -0.176. The van der Waals surface area contributed by atoms with Gasteiger partial charge in [-0.2, -0.15) is 9.97 Å². The SMILES string of the molecule is C1=CC2c3cc(-c4nc(-c5ccccc5)nc(-n5c6ccccc6c6ccccc65)n4)ccc3OC2c2c1n(-c1cccc(-c3ccccc3)c1)c1ccccc21. The van der Waals surface area contributed by atoms with Crippen LogP contribution in [0.1, 0.15) is 28.8 Å². The number of benzene rings is 7. The summed E-state index contributed by atoms with van der Waals surface area (Å²) < 4.78 is 11.5. The van der Waals surface area contributed by atoms with Crippen molar-refractivity contribution >= 4 is 38.8 Å². The zero-order valence-electron chi connectivity index (χ0n) is 30.7. The van der Waals surface area contributed by atoms with Crippen LogP contribution < -0.4 is 4.74 Å². The van der Waals surface area contributed by atoms with Crippen molar-refractivity contribution in [1.29, 1.82) is 0 Å². The van der Waals surface area contributed by atoms with Crippen LogP contribution in [0.5, 0.6) is 5.75 Å². The predicted molar refractivity (Wildman–Crippen MR) is 229 cm³/mol. The zero-order valence-corrected chi connectivity index (χ0v) is 30.7. The Morgan fingerprint density at radius 1 is 0.456 bits per heavy atom. The molecule has 10 aromatic rings. The second kappa shape index (κ2) is 12.5. The molecule has 7 aromatic carbocycles. The van der Waals surface area contributed by atoms with Crippen LogP contribution >= 0.6 is 0 Å². The van der Waals surface area contributed by atoms with Crippen molar-refractivity contribution in [2.75, 3.05) is 0 Å². The number of hydrogen-bond acceptors (Lipinski definition) is 4. The Hall–Kier alpha value is -7.57. The normalized spacial score (nSPS) is 15.4. The lowest BCUT2D eigenvalue weighted by Gasteiger charge is -2.22. The van der Waals surface area contributed by atoms with E-state index < -0.39 is 0 Å². The lowest BCUT2D eigenvalue weighted by Crippen LogP contribution is -2.13. The summed E-state index contributed by atoms with van der Waals surface area (Å²) in [5.41, 5.74) is 12.1. The number of ether oxygens (including phenoxy) is 1. The molecule has 2 unspecified atom stereocenters. The fourth-order valence-electron chi connectivity index (χ4n) is 9.00. The fraction of sp³-hybridized carbons (Fsp3) is 0.0392. The van der Waals surface area contributed by atoms with E-state index in [1.807, 2.05) is 18.2 Å². The molecule has 57 heavy (non-hydrogen) atoms. The van der Waals surface area contributed by atoms with Crippen LogP contribution in [0, 0.1) is 0 Å². The van der Waals surface area contributed by atoms with Gasteiger partial charge in [-0.15, -0.1) is 0 Å². The van der Waals surface area contributed by atoms with Crippen LogP contribution in [-0.2, 0) is 0 Å². The van der Waals surface area contributed by atoms with Gasteiger partial charge in [0.15, 0.2) is 11.6 Å². The molecule has 12 rings (SSSR count). The maximum atomic E-state index is 6.93. The lowest BCUT2D eigenvalue weighted by atomic mass is 9.85. The third kappa shape index (κ3) is 4.94. The van der Waals surface area contributed by atoms with Gasteiger partial charge in [0.05, 0.1) is 22.2 Å². The summed E-state index contributed by atoms with van der Waals surface area (Å²) in [6.07, 6.45) is 4.42. The Morgan fingerprint density at radius 3 is 1.77 bits per heavy atom. The number of fused-ring (bicyclic) bond motifs is 10. The zero-order chi connectivity index (χ0) is 37.5. The van der Waals surface area contributed by atoms with E-state index in [1.54, 1.807) is 0 Å². The third-order valence-corrected chi connectivity index (χ3v) is 11.6. The molecule has 2 aliphatic rings. The summed E-state index contributed by atoms with van der Waals surface area (Å²) in [5, 5.41) is 3.52. The Morgan fingerprint density at radius 2 is 1.05 bits per heavy atom. The molecule has 0 saturated heterocycles. The first-order valence-electron chi connectivity index (χ1n) is 19.4. The van der Waals surface area contributed by atoms with Gasteiger partial charge >= 0.3 is 0 Å². The van der Waals surface area contributed by atoms with E-state index in [0.717, 1.165) is 61.1 Å². The van der Waals surface area contributed by atoms with Crippen molar-refractivity contribution < 1.29 is 4.74 Å². The average molecular weight is 732 g/mol. The first-order valence-corrected chi connectivity index (χ1v) is 19.4. The van der Waals surface area contributed by atoms with Gasteiger partial charge in [-0.1, -0.05) is 133 Å². The van der Waals surface area contributed by atoms with Gasteiger partial charge in [0.1, 0.15) is 11.9 Å². The standard InChI is InChI=1S/C51H33N5O/c1-3-14-32(15-4-1)34-18-13-19-36(30-34)55-44-25-12-9-22-40(44)47-45(55)28-27-39-41-31-35(26-29-46(41)57-48(39)47)50-52-49(33-16-5-2-6-17-33)53-51(54-50)56-42-23-10-7-20-37(42)38-21-8-11-24-43(38)56/h1-31,39,48H. The highest BCUT2D eigenvalue weighted by Gasteiger charge is 2.40. The number of aromatic nitrogens is 5. The molecule has 0 N–H and O–H groups in total. The molecule has 1 aliphatic carbocycles. The molecule has 4 heterocycles. The van der Waals surface area contributed by atoms with E-state index >= 15 is 0 Å². The number of para-hydroxylation sites is 3. The van der Waals surface area contributed by atoms with E-state index in [0.29, 0.717) is 17.6 Å². The van der Waals surface area contributed by atoms with Crippen molar-refractivity contribution in [3.8, 4) is 51.3 Å². The molecule has 0 radical (unpaired) electrons. The molecule has 2 atom stereocenters. The maximum Gasteiger partial charge on any atom is 0.238 e. The molecule has 0 spiro atoms. The van der Waals surface area contributed by atoms with Gasteiger partial charge in [-0.3, -0.25) is 4.57 Å². The fourth-order valence-corrected chi connectivity index (χ4v) is 9.00. The minimum Gasteiger partial charge on any atom is -0.484 e. The van der Waals surface area contributed by atoms with Gasteiger partial charge in [0.2, 0.25) is 5.95 Å². The average Bonchev–Trinajstić information content (AvgIpc) is 3.94. The van der Waals surface area contributed by atoms with Crippen LogP contribution in [0.15, 0.2) is 182 Å². The largest absolute Gasteiger partial charge is 0.484 e. The Balaban J connectivity index is 0.988. The maximum absolute atomic E-state index is 6.93. The summed E-state index contributed by atoms with van der Waals surface area (Å²) in [7, 11) is 0. The van der Waals surface area contributed by atoms with Gasteiger partial charge in [0.25, 0.3) is 0 Å². The minimum absolute atomic E-state index is 0.0228. The summed E-state index contributed by atoms with van der Waals surface area (Å²) in [5.74, 6) is 2.72. The highest BCUT2D eigenvalue weighted by Crippen LogP contribution is 2.53. The van der Waals surface area contributed by atoms with E-state index in [9.17, 15) is 0 Å². The number of nitrogens with zero attached hydrogens (tertiary/aromatic N) is 5. The monoisotopic (exact) mass is 731 g/mol. The van der Waals surface area contributed by atoms with E-state index in [4.69, 9.17) is 19.7 Å². The highest BCUT2D eigenvalue weighted by molar-refractivity contribution is 6.09. The molecule has 6 nitrogen and oxygen atoms in total. The smallest absolute Gasteiger partial charge is 0.238 e. The first kappa shape index (κ1) is 31.7. The second-order valence-corrected chi connectivity index (χ2v) is 14.8. The van der Waals surface area contributed by atoms with Crippen LogP contribution in [0.4, 0.5) is 0 Å². The molecule has 0 amide bonds. The van der Waals surface area contributed by atoms with Gasteiger partial charge in [-0.05, 0) is 65.7 Å². The first-order chi connectivity index (χ1) is 28.3. The summed E-state index contributed by atoms with van der Waals surface area (Å²) >= 11 is 0. The van der Waals surface area contributed by atoms with Gasteiger partial charge < -0.3 is 9.30 Å². The molecular weight excluding hydrogens is 699 g/mol. The molecule has 1 aliphatic heterocycles. The number of hydrogen-bond donors (Lipinski definition) is 0. The number of rotatable bonds is 5. The van der Waals surface area contributed by atoms with Crippen molar-refractivity contribution in [2.24, 2.45) is 0 Å². The molecule has 3 aromatic heterocycles. The van der Waals surface area contributed by atoms with E-state index in [-0.39, 0.29) is 12.0 Å². The molecule has 6 heteroatoms. The van der Waals surface area contributed by atoms with Crippen LogP contribution in [0.25, 0.3) is 84.3 Å². The molecule has 268 valence electrons. The van der Waals surface area contributed by atoms with E-state index in [1.165, 1.54) is 22.1 Å². The van der Waals surface area contributed by atoms with Crippen molar-refractivity contribution in [3.63, 3.8) is 0 Å². The lowest BCUT2D eigenvalue weighted by molar-refractivity contribution is 0.224.